The fraction of sp³-hybridized carbons (Fsp3) is 0.250. The first-order valence-electron chi connectivity index (χ1n) is 8.81. The van der Waals surface area contributed by atoms with E-state index in [-0.39, 0.29) is 17.7 Å². The minimum absolute atomic E-state index is 0.0704. The summed E-state index contributed by atoms with van der Waals surface area (Å²) >= 11 is 4.75. The van der Waals surface area contributed by atoms with Gasteiger partial charge in [-0.1, -0.05) is 58.0 Å². The van der Waals surface area contributed by atoms with Crippen LogP contribution in [0.3, 0.4) is 0 Å². The molecule has 0 fully saturated rings. The molecular weight excluding hydrogens is 438 g/mol. The molecule has 1 heterocycles. The maximum Gasteiger partial charge on any atom is 0.230 e. The lowest BCUT2D eigenvalue weighted by molar-refractivity contribution is -0.119. The van der Waals surface area contributed by atoms with E-state index in [0.717, 1.165) is 15.6 Å². The topological polar surface area (TPSA) is 85.8 Å². The number of hydrogen-bond acceptors (Lipinski definition) is 5. The molecular formula is C20H22BrN5OS. The highest BCUT2D eigenvalue weighted by Gasteiger charge is 2.16. The zero-order chi connectivity index (χ0) is 20.3. The molecule has 0 radical (unpaired) electrons. The molecule has 0 aliphatic rings. The molecule has 0 spiro atoms. The lowest BCUT2D eigenvalue weighted by Crippen LogP contribution is -2.28. The zero-order valence-electron chi connectivity index (χ0n) is 15.9. The number of nitrogen functional groups attached to an aromatic ring is 1. The number of amides is 1. The standard InChI is InChI=1S/C20H22BrN5OS/c1-12-8-9-15(10-13(12)2)14(3)23-18(27)11-28-20-25-24-19(26(20)22)16-6-4-5-7-17(16)21/h4-10,14H,11,22H2,1-3H3,(H,23,27). The molecule has 1 atom stereocenters. The Morgan fingerprint density at radius 2 is 1.96 bits per heavy atom. The molecule has 6 nitrogen and oxygen atoms in total. The number of thioether (sulfide) groups is 1. The number of aromatic nitrogens is 3. The third kappa shape index (κ3) is 4.56. The first-order valence-corrected chi connectivity index (χ1v) is 10.6. The number of benzene rings is 2. The van der Waals surface area contributed by atoms with Gasteiger partial charge in [-0.2, -0.15) is 0 Å². The van der Waals surface area contributed by atoms with Crippen molar-refractivity contribution >= 4 is 33.6 Å². The zero-order valence-corrected chi connectivity index (χ0v) is 18.3. The second-order valence-corrected chi connectivity index (χ2v) is 8.37. The molecule has 146 valence electrons. The van der Waals surface area contributed by atoms with Gasteiger partial charge in [-0.25, -0.2) is 4.68 Å². The number of hydrogen-bond donors (Lipinski definition) is 2. The van der Waals surface area contributed by atoms with Crippen molar-refractivity contribution in [3.05, 3.63) is 63.6 Å². The predicted molar refractivity (Wildman–Crippen MR) is 117 cm³/mol. The van der Waals surface area contributed by atoms with E-state index in [4.69, 9.17) is 5.84 Å². The van der Waals surface area contributed by atoms with Crippen molar-refractivity contribution in [2.75, 3.05) is 11.6 Å². The van der Waals surface area contributed by atoms with Gasteiger partial charge in [0, 0.05) is 10.0 Å². The number of carbonyl (C=O) groups is 1. The van der Waals surface area contributed by atoms with E-state index in [9.17, 15) is 4.79 Å². The molecule has 0 aliphatic carbocycles. The van der Waals surface area contributed by atoms with Gasteiger partial charge in [0.2, 0.25) is 11.1 Å². The van der Waals surface area contributed by atoms with Crippen LogP contribution in [0.25, 0.3) is 11.4 Å². The Morgan fingerprint density at radius 3 is 2.68 bits per heavy atom. The summed E-state index contributed by atoms with van der Waals surface area (Å²) in [5.41, 5.74) is 4.38. The van der Waals surface area contributed by atoms with Crippen LogP contribution in [0.4, 0.5) is 0 Å². The summed E-state index contributed by atoms with van der Waals surface area (Å²) in [6.07, 6.45) is 0. The van der Waals surface area contributed by atoms with Gasteiger partial charge in [-0.3, -0.25) is 4.79 Å². The van der Waals surface area contributed by atoms with Crippen LogP contribution < -0.4 is 11.2 Å². The molecule has 0 aliphatic heterocycles. The van der Waals surface area contributed by atoms with Crippen LogP contribution in [0.5, 0.6) is 0 Å². The average molecular weight is 460 g/mol. The number of nitrogens with two attached hydrogens (primary N) is 1. The summed E-state index contributed by atoms with van der Waals surface area (Å²) in [7, 11) is 0. The van der Waals surface area contributed by atoms with E-state index in [1.807, 2.05) is 37.3 Å². The smallest absolute Gasteiger partial charge is 0.230 e. The third-order valence-electron chi connectivity index (χ3n) is 4.52. The summed E-state index contributed by atoms with van der Waals surface area (Å²) in [6.45, 7) is 6.12. The number of nitrogens with zero attached hydrogens (tertiary/aromatic N) is 3. The van der Waals surface area contributed by atoms with Gasteiger partial charge in [-0.15, -0.1) is 10.2 Å². The largest absolute Gasteiger partial charge is 0.349 e. The summed E-state index contributed by atoms with van der Waals surface area (Å²) in [6, 6.07) is 13.8. The second kappa shape index (κ2) is 8.79. The minimum Gasteiger partial charge on any atom is -0.349 e. The number of aryl methyl sites for hydroxylation is 2. The summed E-state index contributed by atoms with van der Waals surface area (Å²) in [5, 5.41) is 11.8. The Bertz CT molecular complexity index is 1000. The van der Waals surface area contributed by atoms with Gasteiger partial charge < -0.3 is 11.2 Å². The number of halogens is 1. The molecule has 0 saturated heterocycles. The van der Waals surface area contributed by atoms with Gasteiger partial charge in [0.05, 0.1) is 11.8 Å². The highest BCUT2D eigenvalue weighted by Crippen LogP contribution is 2.28. The maximum atomic E-state index is 12.4. The molecule has 0 bridgehead atoms. The summed E-state index contributed by atoms with van der Waals surface area (Å²) in [5.74, 6) is 6.80. The lowest BCUT2D eigenvalue weighted by atomic mass is 10.0. The van der Waals surface area contributed by atoms with Crippen molar-refractivity contribution < 1.29 is 4.79 Å². The van der Waals surface area contributed by atoms with E-state index in [1.165, 1.54) is 27.6 Å². The molecule has 28 heavy (non-hydrogen) atoms. The summed E-state index contributed by atoms with van der Waals surface area (Å²) < 4.78 is 2.29. The normalized spacial score (nSPS) is 12.0. The lowest BCUT2D eigenvalue weighted by Gasteiger charge is -2.15. The predicted octanol–water partition coefficient (Wildman–Crippen LogP) is 4.01. The van der Waals surface area contributed by atoms with Crippen LogP contribution in [0.2, 0.25) is 0 Å². The van der Waals surface area contributed by atoms with Crippen molar-refractivity contribution in [1.82, 2.24) is 20.2 Å². The SMILES string of the molecule is Cc1ccc(C(C)NC(=O)CSc2nnc(-c3ccccc3Br)n2N)cc1C. The fourth-order valence-electron chi connectivity index (χ4n) is 2.73. The van der Waals surface area contributed by atoms with E-state index in [0.29, 0.717) is 11.0 Å². The molecule has 1 unspecified atom stereocenters. The van der Waals surface area contributed by atoms with Gasteiger partial charge in [-0.05, 0) is 49.6 Å². The van der Waals surface area contributed by atoms with E-state index < -0.39 is 0 Å². The van der Waals surface area contributed by atoms with Crippen molar-refractivity contribution in [2.45, 2.75) is 32.0 Å². The van der Waals surface area contributed by atoms with E-state index in [1.54, 1.807) is 0 Å². The highest BCUT2D eigenvalue weighted by molar-refractivity contribution is 9.10. The van der Waals surface area contributed by atoms with Gasteiger partial charge >= 0.3 is 0 Å². The van der Waals surface area contributed by atoms with Crippen LogP contribution in [-0.2, 0) is 4.79 Å². The van der Waals surface area contributed by atoms with E-state index in [2.05, 4.69) is 57.4 Å². The van der Waals surface area contributed by atoms with Gasteiger partial charge in [0.1, 0.15) is 0 Å². The van der Waals surface area contributed by atoms with Crippen molar-refractivity contribution in [3.8, 4) is 11.4 Å². The molecule has 8 heteroatoms. The molecule has 3 rings (SSSR count). The van der Waals surface area contributed by atoms with Crippen LogP contribution in [0.15, 0.2) is 52.1 Å². The molecule has 2 aromatic carbocycles. The van der Waals surface area contributed by atoms with Crippen LogP contribution in [0.1, 0.15) is 29.7 Å². The van der Waals surface area contributed by atoms with Gasteiger partial charge in [0.25, 0.3) is 0 Å². The Balaban J connectivity index is 1.62. The number of carbonyl (C=O) groups excluding carboxylic acids is 1. The van der Waals surface area contributed by atoms with Crippen molar-refractivity contribution in [1.29, 1.82) is 0 Å². The third-order valence-corrected chi connectivity index (χ3v) is 6.15. The Labute approximate surface area is 177 Å². The average Bonchev–Trinajstić information content (AvgIpc) is 3.03. The molecule has 0 saturated carbocycles. The molecule has 1 amide bonds. The molecule has 1 aromatic heterocycles. The Hall–Kier alpha value is -2.32. The van der Waals surface area contributed by atoms with Gasteiger partial charge in [0.15, 0.2) is 5.82 Å². The van der Waals surface area contributed by atoms with Crippen molar-refractivity contribution in [3.63, 3.8) is 0 Å². The Morgan fingerprint density at radius 1 is 1.21 bits per heavy atom. The number of rotatable bonds is 6. The second-order valence-electron chi connectivity index (χ2n) is 6.58. The molecule has 3 aromatic rings. The fourth-order valence-corrected chi connectivity index (χ4v) is 3.86. The first kappa shape index (κ1) is 20.4. The molecule has 3 N–H and O–H groups in total. The highest BCUT2D eigenvalue weighted by atomic mass is 79.9. The Kier molecular flexibility index (Phi) is 6.41. The van der Waals surface area contributed by atoms with Crippen LogP contribution in [0, 0.1) is 13.8 Å². The van der Waals surface area contributed by atoms with E-state index >= 15 is 0 Å². The quantitative estimate of drug-likeness (QED) is 0.429. The van der Waals surface area contributed by atoms with Crippen LogP contribution >= 0.6 is 27.7 Å². The minimum atomic E-state index is -0.0823. The number of nitrogens with one attached hydrogen (secondary N) is 1. The maximum absolute atomic E-state index is 12.4. The first-order chi connectivity index (χ1) is 13.4. The van der Waals surface area contributed by atoms with Crippen molar-refractivity contribution in [2.24, 2.45) is 0 Å². The van der Waals surface area contributed by atoms with Crippen LogP contribution in [-0.4, -0.2) is 26.5 Å². The monoisotopic (exact) mass is 459 g/mol. The summed E-state index contributed by atoms with van der Waals surface area (Å²) in [4.78, 5) is 12.4.